The van der Waals surface area contributed by atoms with Crippen molar-refractivity contribution in [2.45, 2.75) is 6.42 Å². The van der Waals surface area contributed by atoms with Crippen LogP contribution in [0.1, 0.15) is 15.9 Å². The highest BCUT2D eigenvalue weighted by molar-refractivity contribution is 5.95. The van der Waals surface area contributed by atoms with Gasteiger partial charge in [-0.25, -0.2) is 8.78 Å². The number of hydrogen-bond donors (Lipinski definition) is 3. The van der Waals surface area contributed by atoms with Crippen LogP contribution in [0.4, 0.5) is 8.78 Å². The highest BCUT2D eigenvalue weighted by Crippen LogP contribution is 2.04. The van der Waals surface area contributed by atoms with Crippen molar-refractivity contribution in [1.82, 2.24) is 16.2 Å². The van der Waals surface area contributed by atoms with Gasteiger partial charge in [-0.1, -0.05) is 12.1 Å². The number of nitrogens with one attached hydrogen (secondary N) is 3. The molecule has 3 amide bonds. The Hall–Kier alpha value is -3.29. The van der Waals surface area contributed by atoms with E-state index in [1.54, 1.807) is 6.07 Å². The van der Waals surface area contributed by atoms with Gasteiger partial charge < -0.3 is 5.32 Å². The van der Waals surface area contributed by atoms with Crippen LogP contribution in [0.15, 0.2) is 48.5 Å². The van der Waals surface area contributed by atoms with Crippen molar-refractivity contribution in [3.05, 3.63) is 71.3 Å². The monoisotopic (exact) mass is 347 g/mol. The van der Waals surface area contributed by atoms with Crippen LogP contribution in [0.25, 0.3) is 0 Å². The number of hydrogen-bond acceptors (Lipinski definition) is 3. The van der Waals surface area contributed by atoms with Crippen LogP contribution in [0, 0.1) is 11.6 Å². The summed E-state index contributed by atoms with van der Waals surface area (Å²) in [6, 6.07) is 10.3. The predicted molar refractivity (Wildman–Crippen MR) is 85.1 cm³/mol. The van der Waals surface area contributed by atoms with Crippen molar-refractivity contribution < 1.29 is 23.2 Å². The number of rotatable bonds is 5. The molecule has 0 spiro atoms. The van der Waals surface area contributed by atoms with Crippen molar-refractivity contribution in [3.8, 4) is 0 Å². The highest BCUT2D eigenvalue weighted by Gasteiger charge is 2.09. The molecule has 130 valence electrons. The molecule has 0 radical (unpaired) electrons. The van der Waals surface area contributed by atoms with E-state index in [1.807, 2.05) is 0 Å². The fourth-order valence-corrected chi connectivity index (χ4v) is 1.92. The summed E-state index contributed by atoms with van der Waals surface area (Å²) < 4.78 is 25.8. The Morgan fingerprint density at radius 1 is 0.840 bits per heavy atom. The molecule has 0 unspecified atom stereocenters. The Morgan fingerprint density at radius 2 is 1.56 bits per heavy atom. The van der Waals surface area contributed by atoms with E-state index < -0.39 is 29.4 Å². The van der Waals surface area contributed by atoms with Crippen LogP contribution >= 0.6 is 0 Å². The molecule has 2 rings (SSSR count). The summed E-state index contributed by atoms with van der Waals surface area (Å²) in [5.74, 6) is -2.68. The van der Waals surface area contributed by atoms with Crippen LogP contribution in [0.5, 0.6) is 0 Å². The molecule has 6 nitrogen and oxygen atoms in total. The topological polar surface area (TPSA) is 87.3 Å². The largest absolute Gasteiger partial charge is 0.347 e. The Bertz CT molecular complexity index is 779. The third-order valence-corrected chi connectivity index (χ3v) is 3.12. The lowest BCUT2D eigenvalue weighted by atomic mass is 10.1. The van der Waals surface area contributed by atoms with E-state index in [1.165, 1.54) is 30.3 Å². The van der Waals surface area contributed by atoms with Crippen molar-refractivity contribution in [3.63, 3.8) is 0 Å². The molecule has 8 heteroatoms. The summed E-state index contributed by atoms with van der Waals surface area (Å²) in [5.41, 5.74) is 4.89. The Labute approximate surface area is 142 Å². The number of carbonyl (C=O) groups is 3. The minimum Gasteiger partial charge on any atom is -0.347 e. The van der Waals surface area contributed by atoms with E-state index in [0.29, 0.717) is 5.56 Å². The first-order valence-electron chi connectivity index (χ1n) is 7.30. The van der Waals surface area contributed by atoms with E-state index in [4.69, 9.17) is 0 Å². The van der Waals surface area contributed by atoms with Gasteiger partial charge in [-0.15, -0.1) is 0 Å². The molecule has 0 aliphatic rings. The SMILES string of the molecule is O=C(Cc1cccc(F)c1)NCC(=O)NNC(=O)c1ccc(F)cc1. The standard InChI is InChI=1S/C17H15F2N3O3/c18-13-6-4-12(5-7-13)17(25)22-21-16(24)10-20-15(23)9-11-2-1-3-14(19)8-11/h1-8H,9-10H2,(H,20,23)(H,21,24)(H,22,25). The van der Waals surface area contributed by atoms with Crippen molar-refractivity contribution >= 4 is 17.7 Å². The van der Waals surface area contributed by atoms with E-state index >= 15 is 0 Å². The smallest absolute Gasteiger partial charge is 0.269 e. The van der Waals surface area contributed by atoms with E-state index in [0.717, 1.165) is 12.1 Å². The van der Waals surface area contributed by atoms with E-state index in [-0.39, 0.29) is 18.5 Å². The molecule has 0 saturated heterocycles. The molecule has 0 aliphatic heterocycles. The summed E-state index contributed by atoms with van der Waals surface area (Å²) >= 11 is 0. The molecule has 25 heavy (non-hydrogen) atoms. The van der Waals surface area contributed by atoms with Gasteiger partial charge in [-0.05, 0) is 42.0 Å². The summed E-state index contributed by atoms with van der Waals surface area (Å²) in [4.78, 5) is 35.0. The number of benzene rings is 2. The Kier molecular flexibility index (Phi) is 6.16. The van der Waals surface area contributed by atoms with Crippen LogP contribution < -0.4 is 16.2 Å². The molecule has 0 fully saturated rings. The molecule has 2 aromatic carbocycles. The summed E-state index contributed by atoms with van der Waals surface area (Å²) in [6.45, 7) is -0.363. The van der Waals surface area contributed by atoms with Crippen LogP contribution in [0.3, 0.4) is 0 Å². The quantitative estimate of drug-likeness (QED) is 0.708. The molecule has 0 aliphatic carbocycles. The number of halogens is 2. The predicted octanol–water partition coefficient (Wildman–Crippen LogP) is 1.08. The second-order valence-corrected chi connectivity index (χ2v) is 5.09. The molecule has 2 aromatic rings. The summed E-state index contributed by atoms with van der Waals surface area (Å²) in [7, 11) is 0. The second kappa shape index (κ2) is 8.53. The van der Waals surface area contributed by atoms with Gasteiger partial charge in [0.2, 0.25) is 5.91 Å². The normalized spacial score (nSPS) is 10.0. The fraction of sp³-hybridized carbons (Fsp3) is 0.118. The van der Waals surface area contributed by atoms with Gasteiger partial charge in [0, 0.05) is 5.56 Å². The van der Waals surface area contributed by atoms with Crippen molar-refractivity contribution in [1.29, 1.82) is 0 Å². The molecule has 0 aromatic heterocycles. The molecule has 0 saturated carbocycles. The number of hydrazine groups is 1. The second-order valence-electron chi connectivity index (χ2n) is 5.09. The molecular formula is C17H15F2N3O3. The van der Waals surface area contributed by atoms with Crippen LogP contribution in [-0.4, -0.2) is 24.3 Å². The molecule has 0 atom stereocenters. The molecular weight excluding hydrogens is 332 g/mol. The zero-order valence-electron chi connectivity index (χ0n) is 13.0. The Balaban J connectivity index is 1.72. The molecule has 0 heterocycles. The zero-order valence-corrected chi connectivity index (χ0v) is 13.0. The van der Waals surface area contributed by atoms with Crippen molar-refractivity contribution in [2.24, 2.45) is 0 Å². The first-order chi connectivity index (χ1) is 11.9. The number of amides is 3. The lowest BCUT2D eigenvalue weighted by Gasteiger charge is -2.08. The molecule has 0 bridgehead atoms. The maximum atomic E-state index is 13.0. The van der Waals surface area contributed by atoms with Crippen LogP contribution in [0.2, 0.25) is 0 Å². The van der Waals surface area contributed by atoms with E-state index in [9.17, 15) is 23.2 Å². The van der Waals surface area contributed by atoms with Gasteiger partial charge >= 0.3 is 0 Å². The van der Waals surface area contributed by atoms with Gasteiger partial charge in [-0.2, -0.15) is 0 Å². The average Bonchev–Trinajstić information content (AvgIpc) is 2.58. The van der Waals surface area contributed by atoms with Gasteiger partial charge in [0.25, 0.3) is 11.8 Å². The summed E-state index contributed by atoms with van der Waals surface area (Å²) in [5, 5.41) is 2.35. The maximum absolute atomic E-state index is 13.0. The van der Waals surface area contributed by atoms with Gasteiger partial charge in [0.05, 0.1) is 13.0 Å². The summed E-state index contributed by atoms with van der Waals surface area (Å²) in [6.07, 6.45) is -0.0764. The lowest BCUT2D eigenvalue weighted by Crippen LogP contribution is -2.46. The van der Waals surface area contributed by atoms with Gasteiger partial charge in [0.15, 0.2) is 0 Å². The van der Waals surface area contributed by atoms with Gasteiger partial charge in [-0.3, -0.25) is 25.2 Å². The first kappa shape index (κ1) is 18.1. The minimum absolute atomic E-state index is 0.0764. The lowest BCUT2D eigenvalue weighted by molar-refractivity contribution is -0.126. The minimum atomic E-state index is -0.650. The fourth-order valence-electron chi connectivity index (χ4n) is 1.92. The third-order valence-electron chi connectivity index (χ3n) is 3.12. The third kappa shape index (κ3) is 6.02. The first-order valence-corrected chi connectivity index (χ1v) is 7.30. The van der Waals surface area contributed by atoms with Gasteiger partial charge in [0.1, 0.15) is 11.6 Å². The maximum Gasteiger partial charge on any atom is 0.269 e. The van der Waals surface area contributed by atoms with Crippen molar-refractivity contribution in [2.75, 3.05) is 6.54 Å². The van der Waals surface area contributed by atoms with Crippen LogP contribution in [-0.2, 0) is 16.0 Å². The average molecular weight is 347 g/mol. The molecule has 3 N–H and O–H groups in total. The number of carbonyl (C=O) groups excluding carboxylic acids is 3. The van der Waals surface area contributed by atoms with E-state index in [2.05, 4.69) is 16.2 Å². The Morgan fingerprint density at radius 3 is 2.24 bits per heavy atom. The highest BCUT2D eigenvalue weighted by atomic mass is 19.1. The zero-order chi connectivity index (χ0) is 18.2.